The number of hydrogen-bond acceptors (Lipinski definition) is 1. The van der Waals surface area contributed by atoms with Crippen LogP contribution in [0.15, 0.2) is 18.2 Å². The number of rotatable bonds is 4. The normalized spacial score (nSPS) is 12.3. The third-order valence-corrected chi connectivity index (χ3v) is 2.97. The number of hydrogen-bond donors (Lipinski definition) is 0. The SMILES string of the molecule is CCN(CC)C(=O)C(Cl)c1ccc(F)c(F)c1. The van der Waals surface area contributed by atoms with Crippen LogP contribution in [0.2, 0.25) is 0 Å². The smallest absolute Gasteiger partial charge is 0.245 e. The molecule has 94 valence electrons. The largest absolute Gasteiger partial charge is 0.342 e. The molecule has 0 N–H and O–H groups in total. The predicted octanol–water partition coefficient (Wildman–Crippen LogP) is 3.11. The van der Waals surface area contributed by atoms with Gasteiger partial charge in [0, 0.05) is 13.1 Å². The summed E-state index contributed by atoms with van der Waals surface area (Å²) in [4.78, 5) is 13.4. The van der Waals surface area contributed by atoms with E-state index in [-0.39, 0.29) is 11.5 Å². The minimum absolute atomic E-state index is 0.266. The fraction of sp³-hybridized carbons (Fsp3) is 0.417. The first-order chi connectivity index (χ1) is 8.01. The first-order valence-electron chi connectivity index (χ1n) is 5.39. The Kier molecular flexibility index (Phi) is 4.87. The fourth-order valence-electron chi connectivity index (χ4n) is 1.51. The van der Waals surface area contributed by atoms with Crippen LogP contribution in [0.4, 0.5) is 8.78 Å². The average Bonchev–Trinajstić information content (AvgIpc) is 2.33. The Balaban J connectivity index is 2.92. The monoisotopic (exact) mass is 261 g/mol. The Hall–Kier alpha value is -1.16. The summed E-state index contributed by atoms with van der Waals surface area (Å²) in [5, 5.41) is -0.981. The van der Waals surface area contributed by atoms with Crippen molar-refractivity contribution in [3.8, 4) is 0 Å². The summed E-state index contributed by atoms with van der Waals surface area (Å²) in [5.41, 5.74) is 0.266. The van der Waals surface area contributed by atoms with Crippen LogP contribution in [0.1, 0.15) is 24.8 Å². The number of halogens is 3. The van der Waals surface area contributed by atoms with E-state index in [0.717, 1.165) is 12.1 Å². The van der Waals surface area contributed by atoms with E-state index in [1.807, 2.05) is 13.8 Å². The Morgan fingerprint density at radius 2 is 1.88 bits per heavy atom. The zero-order valence-electron chi connectivity index (χ0n) is 9.71. The lowest BCUT2D eigenvalue weighted by Gasteiger charge is -2.21. The van der Waals surface area contributed by atoms with Crippen molar-refractivity contribution >= 4 is 17.5 Å². The lowest BCUT2D eigenvalue weighted by molar-refractivity contribution is -0.130. The molecule has 1 aromatic carbocycles. The van der Waals surface area contributed by atoms with Gasteiger partial charge in [0.05, 0.1) is 0 Å². The van der Waals surface area contributed by atoms with E-state index in [0.29, 0.717) is 13.1 Å². The predicted molar refractivity (Wildman–Crippen MR) is 62.9 cm³/mol. The van der Waals surface area contributed by atoms with Crippen LogP contribution >= 0.6 is 11.6 Å². The molecule has 0 aliphatic rings. The van der Waals surface area contributed by atoms with Gasteiger partial charge in [0.2, 0.25) is 5.91 Å². The van der Waals surface area contributed by atoms with Gasteiger partial charge in [-0.25, -0.2) is 8.78 Å². The van der Waals surface area contributed by atoms with Crippen molar-refractivity contribution < 1.29 is 13.6 Å². The van der Waals surface area contributed by atoms with Gasteiger partial charge in [-0.15, -0.1) is 11.6 Å². The number of carbonyl (C=O) groups is 1. The topological polar surface area (TPSA) is 20.3 Å². The molecule has 5 heteroatoms. The molecule has 0 fully saturated rings. The molecule has 0 radical (unpaired) electrons. The van der Waals surface area contributed by atoms with Crippen molar-refractivity contribution in [3.05, 3.63) is 35.4 Å². The van der Waals surface area contributed by atoms with Gasteiger partial charge in [-0.05, 0) is 31.5 Å². The van der Waals surface area contributed by atoms with Crippen LogP contribution in [-0.2, 0) is 4.79 Å². The van der Waals surface area contributed by atoms with E-state index in [1.165, 1.54) is 6.07 Å². The maximum absolute atomic E-state index is 13.0. The first-order valence-corrected chi connectivity index (χ1v) is 5.82. The maximum atomic E-state index is 13.0. The molecular weight excluding hydrogens is 248 g/mol. The van der Waals surface area contributed by atoms with Gasteiger partial charge in [0.1, 0.15) is 5.38 Å². The molecule has 1 unspecified atom stereocenters. The lowest BCUT2D eigenvalue weighted by atomic mass is 10.1. The Bertz CT molecular complexity index is 407. The summed E-state index contributed by atoms with van der Waals surface area (Å²) in [5.74, 6) is -2.25. The lowest BCUT2D eigenvalue weighted by Crippen LogP contribution is -2.33. The third-order valence-electron chi connectivity index (χ3n) is 2.53. The van der Waals surface area contributed by atoms with Crippen LogP contribution in [0.5, 0.6) is 0 Å². The average molecular weight is 262 g/mol. The van der Waals surface area contributed by atoms with Crippen LogP contribution in [0, 0.1) is 11.6 Å². The van der Waals surface area contributed by atoms with Crippen molar-refractivity contribution in [3.63, 3.8) is 0 Å². The Morgan fingerprint density at radius 1 is 1.29 bits per heavy atom. The highest BCUT2D eigenvalue weighted by molar-refractivity contribution is 6.30. The summed E-state index contributed by atoms with van der Waals surface area (Å²) in [6.07, 6.45) is 0. The fourth-order valence-corrected chi connectivity index (χ4v) is 1.78. The minimum atomic E-state index is -1.000. The van der Waals surface area contributed by atoms with Gasteiger partial charge in [-0.2, -0.15) is 0 Å². The van der Waals surface area contributed by atoms with Crippen LogP contribution in [-0.4, -0.2) is 23.9 Å². The zero-order valence-corrected chi connectivity index (χ0v) is 10.5. The summed E-state index contributed by atoms with van der Waals surface area (Å²) in [6, 6.07) is 3.24. The van der Waals surface area contributed by atoms with E-state index >= 15 is 0 Å². The van der Waals surface area contributed by atoms with Crippen LogP contribution in [0.3, 0.4) is 0 Å². The van der Waals surface area contributed by atoms with Crippen LogP contribution in [0.25, 0.3) is 0 Å². The molecule has 0 saturated carbocycles. The highest BCUT2D eigenvalue weighted by Crippen LogP contribution is 2.24. The summed E-state index contributed by atoms with van der Waals surface area (Å²) in [6.45, 7) is 4.72. The summed E-state index contributed by atoms with van der Waals surface area (Å²) < 4.78 is 25.7. The third kappa shape index (κ3) is 3.16. The molecular formula is C12H14ClF2NO. The van der Waals surface area contributed by atoms with Crippen molar-refractivity contribution in [2.45, 2.75) is 19.2 Å². The van der Waals surface area contributed by atoms with Gasteiger partial charge in [0.25, 0.3) is 0 Å². The Morgan fingerprint density at radius 3 is 2.35 bits per heavy atom. The molecule has 1 amide bonds. The van der Waals surface area contributed by atoms with Gasteiger partial charge in [-0.1, -0.05) is 6.07 Å². The molecule has 2 nitrogen and oxygen atoms in total. The Labute approximate surface area is 104 Å². The molecule has 17 heavy (non-hydrogen) atoms. The van der Waals surface area contributed by atoms with Gasteiger partial charge in [0.15, 0.2) is 11.6 Å². The number of likely N-dealkylation sites (N-methyl/N-ethyl adjacent to an activating group) is 1. The highest BCUT2D eigenvalue weighted by Gasteiger charge is 2.22. The molecule has 1 aromatic rings. The van der Waals surface area contributed by atoms with E-state index in [2.05, 4.69) is 0 Å². The second-order valence-electron chi connectivity index (χ2n) is 3.55. The van der Waals surface area contributed by atoms with Crippen molar-refractivity contribution in [2.24, 2.45) is 0 Å². The molecule has 0 aliphatic heterocycles. The number of benzene rings is 1. The van der Waals surface area contributed by atoms with Crippen molar-refractivity contribution in [2.75, 3.05) is 13.1 Å². The van der Waals surface area contributed by atoms with E-state index in [4.69, 9.17) is 11.6 Å². The van der Waals surface area contributed by atoms with Crippen molar-refractivity contribution in [1.29, 1.82) is 0 Å². The number of amides is 1. The molecule has 0 heterocycles. The maximum Gasteiger partial charge on any atom is 0.245 e. The zero-order chi connectivity index (χ0) is 13.0. The second-order valence-corrected chi connectivity index (χ2v) is 3.98. The van der Waals surface area contributed by atoms with E-state index in [9.17, 15) is 13.6 Å². The quantitative estimate of drug-likeness (QED) is 0.763. The molecule has 0 saturated heterocycles. The molecule has 0 bridgehead atoms. The van der Waals surface area contributed by atoms with Crippen LogP contribution < -0.4 is 0 Å². The first kappa shape index (κ1) is 13.9. The minimum Gasteiger partial charge on any atom is -0.342 e. The molecule has 0 aromatic heterocycles. The number of alkyl halides is 1. The molecule has 0 spiro atoms. The van der Waals surface area contributed by atoms with E-state index in [1.54, 1.807) is 4.90 Å². The molecule has 1 rings (SSSR count). The molecule has 0 aliphatic carbocycles. The van der Waals surface area contributed by atoms with Gasteiger partial charge >= 0.3 is 0 Å². The molecule has 1 atom stereocenters. The highest BCUT2D eigenvalue weighted by atomic mass is 35.5. The van der Waals surface area contributed by atoms with Gasteiger partial charge < -0.3 is 4.90 Å². The second kappa shape index (κ2) is 5.96. The summed E-state index contributed by atoms with van der Waals surface area (Å²) >= 11 is 5.95. The summed E-state index contributed by atoms with van der Waals surface area (Å²) in [7, 11) is 0. The standard InChI is InChI=1S/C12H14ClF2NO/c1-3-16(4-2)12(17)11(13)8-5-6-9(14)10(15)7-8/h5-7,11H,3-4H2,1-2H3. The number of nitrogens with zero attached hydrogens (tertiary/aromatic N) is 1. The van der Waals surface area contributed by atoms with E-state index < -0.39 is 17.0 Å². The van der Waals surface area contributed by atoms with Gasteiger partial charge in [-0.3, -0.25) is 4.79 Å². The van der Waals surface area contributed by atoms with Crippen molar-refractivity contribution in [1.82, 2.24) is 4.90 Å². The number of carbonyl (C=O) groups excluding carboxylic acids is 1.